The van der Waals surface area contributed by atoms with Gasteiger partial charge in [-0.25, -0.2) is 4.57 Å². The van der Waals surface area contributed by atoms with Crippen molar-refractivity contribution in [2.24, 2.45) is 7.05 Å². The number of hydrogen-bond donors (Lipinski definition) is 0. The zero-order valence-corrected chi connectivity index (χ0v) is 30.4. The van der Waals surface area contributed by atoms with E-state index in [0.717, 1.165) is 0 Å². The number of fused-ring (bicyclic) bond motifs is 8. The molecule has 244 valence electrons. The molecule has 2 heterocycles. The predicted octanol–water partition coefficient (Wildman–Crippen LogP) is 13.0. The van der Waals surface area contributed by atoms with Crippen LogP contribution in [0.4, 0.5) is 0 Å². The summed E-state index contributed by atoms with van der Waals surface area (Å²) in [7, 11) is 2.25. The van der Waals surface area contributed by atoms with Crippen LogP contribution in [-0.2, 0) is 7.05 Å². The van der Waals surface area contributed by atoms with Crippen LogP contribution in [0.2, 0.25) is 0 Å². The largest absolute Gasteiger partial charge is 0.296 e. The fraction of sp³-hybridized carbons (Fsp3) is 0.170. The highest BCUT2D eigenvalue weighted by atomic mass is 32.1. The summed E-state index contributed by atoms with van der Waals surface area (Å²) < 4.78 is 7.72. The fourth-order valence-corrected chi connectivity index (χ4v) is 9.55. The van der Waals surface area contributed by atoms with Crippen molar-refractivity contribution in [2.45, 2.75) is 46.5 Å². The van der Waals surface area contributed by atoms with Gasteiger partial charge >= 0.3 is 0 Å². The Morgan fingerprint density at radius 3 is 2.02 bits per heavy atom. The average Bonchev–Trinajstić information content (AvgIpc) is 3.66. The van der Waals surface area contributed by atoms with E-state index in [0.29, 0.717) is 11.8 Å². The SMILES string of the molecule is Cc1ccc2c(sc3ccc4c5ccccc5ccc4c32)c1-c1n(-c2c(C(C)C)cc(-c3ccccc3)cc2C(C)C)c2ccccc2[n+]1C. The van der Waals surface area contributed by atoms with Crippen molar-refractivity contribution >= 4 is 64.1 Å². The van der Waals surface area contributed by atoms with Gasteiger partial charge in [0, 0.05) is 26.6 Å². The van der Waals surface area contributed by atoms with Crippen LogP contribution in [0.3, 0.4) is 0 Å². The standard InChI is InChI=1S/C47H41N2S/c1-28(2)38-26-33(31-14-8-7-9-15-31)27-39(29(3)4)45(38)49-41-19-13-12-18-40(41)48(6)47(49)43-30(5)20-22-37-44-36-23-21-32-16-10-11-17-34(32)35(36)24-25-42(44)50-46(37)43/h7-29H,1-6H3/q+1. The minimum atomic E-state index is 0.327. The molecule has 0 saturated carbocycles. The second-order valence-corrected chi connectivity index (χ2v) is 15.5. The third-order valence-corrected chi connectivity index (χ3v) is 11.9. The Hall–Kier alpha value is -5.25. The lowest BCUT2D eigenvalue weighted by molar-refractivity contribution is -0.633. The van der Waals surface area contributed by atoms with Gasteiger partial charge in [0.1, 0.15) is 5.69 Å². The van der Waals surface area contributed by atoms with E-state index in [2.05, 4.69) is 178 Å². The Morgan fingerprint density at radius 1 is 0.600 bits per heavy atom. The summed E-state index contributed by atoms with van der Waals surface area (Å²) in [5, 5.41) is 7.93. The minimum absolute atomic E-state index is 0.327. The number of imidazole rings is 1. The van der Waals surface area contributed by atoms with Crippen LogP contribution in [0.15, 0.2) is 127 Å². The molecule has 0 aliphatic carbocycles. The molecule has 50 heavy (non-hydrogen) atoms. The highest BCUT2D eigenvalue weighted by molar-refractivity contribution is 7.26. The summed E-state index contributed by atoms with van der Waals surface area (Å²) in [6, 6.07) is 47.5. The van der Waals surface area contributed by atoms with Crippen LogP contribution >= 0.6 is 11.3 Å². The number of aryl methyl sites for hydroxylation is 2. The molecule has 0 saturated heterocycles. The Bertz CT molecular complexity index is 2750. The van der Waals surface area contributed by atoms with Crippen molar-refractivity contribution in [3.05, 3.63) is 144 Å². The van der Waals surface area contributed by atoms with Crippen molar-refractivity contribution in [2.75, 3.05) is 0 Å². The van der Waals surface area contributed by atoms with Crippen molar-refractivity contribution in [3.63, 3.8) is 0 Å². The molecule has 3 heteroatoms. The molecule has 2 nitrogen and oxygen atoms in total. The van der Waals surface area contributed by atoms with E-state index in [9.17, 15) is 0 Å². The van der Waals surface area contributed by atoms with E-state index < -0.39 is 0 Å². The number of para-hydroxylation sites is 2. The molecule has 0 radical (unpaired) electrons. The quantitative estimate of drug-likeness (QED) is 0.128. The van der Waals surface area contributed by atoms with Gasteiger partial charge in [0.05, 0.1) is 17.3 Å². The van der Waals surface area contributed by atoms with Crippen molar-refractivity contribution in [3.8, 4) is 28.2 Å². The first-order chi connectivity index (χ1) is 24.3. The lowest BCUT2D eigenvalue weighted by Gasteiger charge is -2.21. The molecular weight excluding hydrogens is 625 g/mol. The van der Waals surface area contributed by atoms with E-state index in [1.165, 1.54) is 97.6 Å². The summed E-state index contributed by atoms with van der Waals surface area (Å²) in [6.07, 6.45) is 0. The van der Waals surface area contributed by atoms with Gasteiger partial charge in [0.15, 0.2) is 11.0 Å². The van der Waals surface area contributed by atoms with Crippen molar-refractivity contribution in [1.82, 2.24) is 4.57 Å². The summed E-state index contributed by atoms with van der Waals surface area (Å²) in [6.45, 7) is 11.7. The normalized spacial score (nSPS) is 12.2. The topological polar surface area (TPSA) is 8.81 Å². The molecule has 0 atom stereocenters. The Morgan fingerprint density at radius 2 is 1.26 bits per heavy atom. The van der Waals surface area contributed by atoms with Gasteiger partial charge in [-0.15, -0.1) is 11.3 Å². The van der Waals surface area contributed by atoms with Crippen LogP contribution in [0.1, 0.15) is 56.2 Å². The maximum atomic E-state index is 2.60. The van der Waals surface area contributed by atoms with Gasteiger partial charge in [-0.1, -0.05) is 125 Å². The molecule has 0 unspecified atom stereocenters. The van der Waals surface area contributed by atoms with Gasteiger partial charge in [-0.3, -0.25) is 0 Å². The van der Waals surface area contributed by atoms with E-state index in [4.69, 9.17) is 0 Å². The Balaban J connectivity index is 1.41. The molecule has 9 rings (SSSR count). The van der Waals surface area contributed by atoms with Gasteiger partial charge in [0.25, 0.3) is 5.82 Å². The molecule has 0 N–H and O–H groups in total. The summed E-state index contributed by atoms with van der Waals surface area (Å²) in [5.41, 5.74) is 11.7. The third kappa shape index (κ3) is 4.57. The number of aromatic nitrogens is 2. The van der Waals surface area contributed by atoms with Gasteiger partial charge < -0.3 is 0 Å². The lowest BCUT2D eigenvalue weighted by Crippen LogP contribution is -2.30. The van der Waals surface area contributed by atoms with E-state index in [1.54, 1.807) is 0 Å². The first kappa shape index (κ1) is 30.8. The fourth-order valence-electron chi connectivity index (χ4n) is 8.24. The van der Waals surface area contributed by atoms with Crippen molar-refractivity contribution < 1.29 is 4.57 Å². The second-order valence-electron chi connectivity index (χ2n) is 14.4. The molecule has 0 bridgehead atoms. The molecule has 0 aliphatic rings. The Kier molecular flexibility index (Phi) is 7.19. The first-order valence-corrected chi connectivity index (χ1v) is 18.6. The van der Waals surface area contributed by atoms with Crippen LogP contribution < -0.4 is 4.57 Å². The predicted molar refractivity (Wildman–Crippen MR) is 216 cm³/mol. The number of benzene rings is 7. The highest BCUT2D eigenvalue weighted by Gasteiger charge is 2.33. The van der Waals surface area contributed by atoms with Gasteiger partial charge in [-0.2, -0.15) is 4.57 Å². The first-order valence-electron chi connectivity index (χ1n) is 17.8. The van der Waals surface area contributed by atoms with E-state index >= 15 is 0 Å². The number of hydrogen-bond acceptors (Lipinski definition) is 1. The average molecular weight is 666 g/mol. The van der Waals surface area contributed by atoms with Crippen LogP contribution in [0, 0.1) is 6.92 Å². The molecule has 7 aromatic carbocycles. The molecule has 0 aliphatic heterocycles. The number of rotatable bonds is 5. The second kappa shape index (κ2) is 11.7. The number of nitrogens with zero attached hydrogens (tertiary/aromatic N) is 2. The van der Waals surface area contributed by atoms with E-state index in [-0.39, 0.29) is 0 Å². The minimum Gasteiger partial charge on any atom is -0.225 e. The molecule has 9 aromatic rings. The zero-order valence-electron chi connectivity index (χ0n) is 29.6. The smallest absolute Gasteiger partial charge is 0.225 e. The van der Waals surface area contributed by atoms with Crippen LogP contribution in [-0.4, -0.2) is 4.57 Å². The lowest BCUT2D eigenvalue weighted by atomic mass is 9.88. The maximum absolute atomic E-state index is 2.60. The maximum Gasteiger partial charge on any atom is 0.296 e. The molecule has 0 amide bonds. The molecule has 0 fully saturated rings. The number of thiophene rings is 1. The van der Waals surface area contributed by atoms with Gasteiger partial charge in [0.2, 0.25) is 0 Å². The summed E-state index contributed by atoms with van der Waals surface area (Å²) in [5.74, 6) is 1.88. The van der Waals surface area contributed by atoms with Crippen molar-refractivity contribution in [1.29, 1.82) is 0 Å². The van der Waals surface area contributed by atoms with Gasteiger partial charge in [-0.05, 0) is 87.3 Å². The summed E-state index contributed by atoms with van der Waals surface area (Å²) in [4.78, 5) is 0. The molecule has 0 spiro atoms. The monoisotopic (exact) mass is 665 g/mol. The zero-order chi connectivity index (χ0) is 34.3. The Labute approximate surface area is 297 Å². The van der Waals surface area contributed by atoms with E-state index in [1.807, 2.05) is 11.3 Å². The molecule has 2 aromatic heterocycles. The highest BCUT2D eigenvalue weighted by Crippen LogP contribution is 2.47. The molecular formula is C47H41N2S+. The summed E-state index contributed by atoms with van der Waals surface area (Å²) >= 11 is 1.93. The third-order valence-electron chi connectivity index (χ3n) is 10.7. The van der Waals surface area contributed by atoms with Crippen LogP contribution in [0.25, 0.3) is 81.0 Å². The van der Waals surface area contributed by atoms with Crippen LogP contribution in [0.5, 0.6) is 0 Å².